The van der Waals surface area contributed by atoms with Gasteiger partial charge in [-0.1, -0.05) is 31.2 Å². The lowest BCUT2D eigenvalue weighted by atomic mass is 10.0. The summed E-state index contributed by atoms with van der Waals surface area (Å²) < 4.78 is 58.2. The number of aryl methyl sites for hydroxylation is 1. The molecule has 0 amide bonds. The molecule has 0 aromatic heterocycles. The Bertz CT molecular complexity index is 1300. The minimum absolute atomic E-state index is 0.0802. The van der Waals surface area contributed by atoms with E-state index in [1.165, 1.54) is 42.0 Å². The van der Waals surface area contributed by atoms with Crippen LogP contribution in [0.15, 0.2) is 66.7 Å². The Morgan fingerprint density at radius 2 is 1.62 bits per heavy atom. The lowest BCUT2D eigenvalue weighted by Gasteiger charge is -2.25. The van der Waals surface area contributed by atoms with Crippen molar-refractivity contribution in [2.75, 3.05) is 17.5 Å². The molecule has 0 radical (unpaired) electrons. The fourth-order valence-corrected chi connectivity index (χ4v) is 4.39. The van der Waals surface area contributed by atoms with Crippen molar-refractivity contribution in [2.24, 2.45) is 5.73 Å². The number of carbonyl (C=O) groups excluding carboxylic acids is 1. The number of halogens is 2. The number of sulfonamides is 1. The van der Waals surface area contributed by atoms with Gasteiger partial charge in [0.25, 0.3) is 0 Å². The number of benzene rings is 3. The number of hydrogen-bond donors (Lipinski definition) is 3. The van der Waals surface area contributed by atoms with Crippen molar-refractivity contribution in [1.29, 1.82) is 0 Å². The Morgan fingerprint density at radius 3 is 2.24 bits per heavy atom. The molecule has 0 fully saturated rings. The van der Waals surface area contributed by atoms with Gasteiger partial charge < -0.3 is 15.8 Å². The summed E-state index contributed by atoms with van der Waals surface area (Å²) in [6, 6.07) is 16.2. The molecule has 0 unspecified atom stereocenters. The van der Waals surface area contributed by atoms with Crippen LogP contribution in [0.4, 0.5) is 14.5 Å². The summed E-state index contributed by atoms with van der Waals surface area (Å²) in [6.45, 7) is 2.78. The SMILES string of the molecule is CCc1cccc(CNC[C@@H](OC(=O)c2ccc(NS(C)(=O)=O)cc2)[C@@H](N)Cc2cc(F)cc(F)c2)c1. The maximum Gasteiger partial charge on any atom is 0.338 e. The first-order valence-corrected chi connectivity index (χ1v) is 13.7. The number of ether oxygens (including phenoxy) is 1. The Labute approximate surface area is 216 Å². The maximum absolute atomic E-state index is 13.7. The van der Waals surface area contributed by atoms with Crippen LogP contribution in [0.5, 0.6) is 0 Å². The van der Waals surface area contributed by atoms with Crippen molar-refractivity contribution in [3.05, 3.63) is 101 Å². The fraction of sp³-hybridized carbons (Fsp3) is 0.296. The Hall–Kier alpha value is -3.34. The van der Waals surface area contributed by atoms with E-state index in [9.17, 15) is 22.0 Å². The third kappa shape index (κ3) is 9.23. The molecule has 0 aliphatic carbocycles. The molecule has 198 valence electrons. The molecular formula is C27H31F2N3O4S. The molecule has 0 spiro atoms. The molecule has 10 heteroatoms. The van der Waals surface area contributed by atoms with Gasteiger partial charge in [0.15, 0.2) is 0 Å². The van der Waals surface area contributed by atoms with E-state index in [2.05, 4.69) is 23.0 Å². The van der Waals surface area contributed by atoms with E-state index < -0.39 is 39.8 Å². The quantitative estimate of drug-likeness (QED) is 0.307. The predicted octanol–water partition coefficient (Wildman–Crippen LogP) is 3.78. The number of nitrogens with one attached hydrogen (secondary N) is 2. The molecular weight excluding hydrogens is 500 g/mol. The molecule has 2 atom stereocenters. The van der Waals surface area contributed by atoms with Gasteiger partial charge in [-0.05, 0) is 65.9 Å². The summed E-state index contributed by atoms with van der Waals surface area (Å²) in [5, 5.41) is 3.25. The van der Waals surface area contributed by atoms with Gasteiger partial charge in [-0.3, -0.25) is 4.72 Å². The molecule has 4 N–H and O–H groups in total. The maximum atomic E-state index is 13.7. The van der Waals surface area contributed by atoms with Crippen molar-refractivity contribution in [1.82, 2.24) is 5.32 Å². The van der Waals surface area contributed by atoms with Crippen LogP contribution < -0.4 is 15.8 Å². The summed E-state index contributed by atoms with van der Waals surface area (Å²) in [4.78, 5) is 12.9. The number of anilines is 1. The minimum Gasteiger partial charge on any atom is -0.456 e. The van der Waals surface area contributed by atoms with Crippen molar-refractivity contribution >= 4 is 21.7 Å². The summed E-state index contributed by atoms with van der Waals surface area (Å²) in [5.74, 6) is -2.09. The second-order valence-corrected chi connectivity index (χ2v) is 10.6. The van der Waals surface area contributed by atoms with E-state index in [4.69, 9.17) is 10.5 Å². The van der Waals surface area contributed by atoms with Crippen LogP contribution in [-0.2, 0) is 34.1 Å². The van der Waals surface area contributed by atoms with Crippen molar-refractivity contribution in [2.45, 2.75) is 38.5 Å². The van der Waals surface area contributed by atoms with E-state index in [-0.39, 0.29) is 18.5 Å². The summed E-state index contributed by atoms with van der Waals surface area (Å²) >= 11 is 0. The molecule has 7 nitrogen and oxygen atoms in total. The van der Waals surface area contributed by atoms with E-state index in [1.807, 2.05) is 18.2 Å². The smallest absolute Gasteiger partial charge is 0.338 e. The Balaban J connectivity index is 1.72. The number of hydrogen-bond acceptors (Lipinski definition) is 6. The van der Waals surface area contributed by atoms with Crippen molar-refractivity contribution < 1.29 is 26.7 Å². The van der Waals surface area contributed by atoms with Crippen molar-refractivity contribution in [3.63, 3.8) is 0 Å². The first kappa shape index (κ1) is 28.2. The van der Waals surface area contributed by atoms with Gasteiger partial charge in [-0.15, -0.1) is 0 Å². The minimum atomic E-state index is -3.46. The van der Waals surface area contributed by atoms with Gasteiger partial charge in [0.05, 0.1) is 11.8 Å². The third-order valence-corrected chi connectivity index (χ3v) is 6.23. The molecule has 0 heterocycles. The largest absolute Gasteiger partial charge is 0.456 e. The zero-order valence-electron chi connectivity index (χ0n) is 20.7. The zero-order chi connectivity index (χ0) is 27.0. The van der Waals surface area contributed by atoms with Crippen LogP contribution in [0.25, 0.3) is 0 Å². The fourth-order valence-electron chi connectivity index (χ4n) is 3.83. The molecule has 3 rings (SSSR count). The number of esters is 1. The van der Waals surface area contributed by atoms with Crippen LogP contribution in [0.1, 0.15) is 34.0 Å². The van der Waals surface area contributed by atoms with Gasteiger partial charge in [0.1, 0.15) is 17.7 Å². The molecule has 3 aromatic rings. The van der Waals surface area contributed by atoms with Crippen LogP contribution in [0.3, 0.4) is 0 Å². The standard InChI is InChI=1S/C27H31F2N3O4S/c1-3-18-5-4-6-19(11-18)16-31-17-26(25(30)14-20-12-22(28)15-23(29)13-20)36-27(33)21-7-9-24(10-8-21)32-37(2,34)35/h4-13,15,25-26,31-32H,3,14,16-17,30H2,1-2H3/t25-,26+/m0/s1. The molecule has 0 aliphatic rings. The zero-order valence-corrected chi connectivity index (χ0v) is 21.5. The van der Waals surface area contributed by atoms with E-state index in [1.54, 1.807) is 0 Å². The molecule has 0 saturated heterocycles. The van der Waals surface area contributed by atoms with Gasteiger partial charge in [-0.25, -0.2) is 22.0 Å². The van der Waals surface area contributed by atoms with Gasteiger partial charge >= 0.3 is 5.97 Å². The number of rotatable bonds is 12. The van der Waals surface area contributed by atoms with E-state index in [0.29, 0.717) is 17.8 Å². The highest BCUT2D eigenvalue weighted by molar-refractivity contribution is 7.92. The number of carbonyl (C=O) groups is 1. The molecule has 3 aromatic carbocycles. The third-order valence-electron chi connectivity index (χ3n) is 5.63. The molecule has 37 heavy (non-hydrogen) atoms. The van der Waals surface area contributed by atoms with Gasteiger partial charge in [0, 0.05) is 30.9 Å². The average Bonchev–Trinajstić information content (AvgIpc) is 2.82. The predicted molar refractivity (Wildman–Crippen MR) is 140 cm³/mol. The molecule has 0 aliphatic heterocycles. The first-order valence-electron chi connectivity index (χ1n) is 11.8. The first-order chi connectivity index (χ1) is 17.5. The number of nitrogens with two attached hydrogens (primary N) is 1. The van der Waals surface area contributed by atoms with E-state index in [0.717, 1.165) is 24.3 Å². The lowest BCUT2D eigenvalue weighted by Crippen LogP contribution is -2.46. The van der Waals surface area contributed by atoms with Gasteiger partial charge in [0.2, 0.25) is 10.0 Å². The average molecular weight is 532 g/mol. The topological polar surface area (TPSA) is 111 Å². The highest BCUT2D eigenvalue weighted by Gasteiger charge is 2.24. The molecule has 0 saturated carbocycles. The van der Waals surface area contributed by atoms with Crippen LogP contribution in [-0.4, -0.2) is 39.3 Å². The van der Waals surface area contributed by atoms with Crippen molar-refractivity contribution in [3.8, 4) is 0 Å². The monoisotopic (exact) mass is 531 g/mol. The lowest BCUT2D eigenvalue weighted by molar-refractivity contribution is 0.0238. The summed E-state index contributed by atoms with van der Waals surface area (Å²) in [7, 11) is -3.46. The molecule has 0 bridgehead atoms. The van der Waals surface area contributed by atoms with Crippen LogP contribution >= 0.6 is 0 Å². The second-order valence-electron chi connectivity index (χ2n) is 8.85. The summed E-state index contributed by atoms with van der Waals surface area (Å²) in [5.41, 5.74) is 9.45. The second kappa shape index (κ2) is 12.8. The Kier molecular flexibility index (Phi) is 9.73. The van der Waals surface area contributed by atoms with E-state index >= 15 is 0 Å². The highest BCUT2D eigenvalue weighted by Crippen LogP contribution is 2.16. The highest BCUT2D eigenvalue weighted by atomic mass is 32.2. The Morgan fingerprint density at radius 1 is 0.973 bits per heavy atom. The van der Waals surface area contributed by atoms with Crippen LogP contribution in [0.2, 0.25) is 0 Å². The van der Waals surface area contributed by atoms with Gasteiger partial charge in [-0.2, -0.15) is 0 Å². The van der Waals surface area contributed by atoms with Crippen LogP contribution in [0, 0.1) is 11.6 Å². The normalized spacial score (nSPS) is 13.1. The summed E-state index contributed by atoms with van der Waals surface area (Å²) in [6.07, 6.45) is 1.19.